The average Bonchev–Trinajstić information content (AvgIpc) is 2.61. The minimum atomic E-state index is -0.567. The van der Waals surface area contributed by atoms with Gasteiger partial charge < -0.3 is 19.5 Å². The lowest BCUT2D eigenvalue weighted by atomic mass is 10.3. The predicted octanol–water partition coefficient (Wildman–Crippen LogP) is 3.44. The van der Waals surface area contributed by atoms with Crippen molar-refractivity contribution in [1.82, 2.24) is 0 Å². The molecule has 0 aromatic heterocycles. The Morgan fingerprint density at radius 2 is 1.81 bits per heavy atom. The Labute approximate surface area is 154 Å². The number of nitrogens with one attached hydrogen (secondary N) is 1. The van der Waals surface area contributed by atoms with E-state index >= 15 is 0 Å². The molecule has 2 rings (SSSR count). The Bertz CT molecular complexity index is 784. The summed E-state index contributed by atoms with van der Waals surface area (Å²) in [5.41, 5.74) is 0.470. The van der Waals surface area contributed by atoms with Crippen LogP contribution >= 0.6 is 11.6 Å². The molecule has 2 aromatic rings. The molecule has 0 unspecified atom stereocenters. The fraction of sp³-hybridized carbons (Fsp3) is 0.222. The Morgan fingerprint density at radius 1 is 1.08 bits per heavy atom. The molecule has 0 saturated carbocycles. The molecule has 2 aromatic carbocycles. The third-order valence-electron chi connectivity index (χ3n) is 3.04. The van der Waals surface area contributed by atoms with Gasteiger partial charge in [0, 0.05) is 17.8 Å². The highest BCUT2D eigenvalue weighted by Gasteiger charge is 2.08. The maximum atomic E-state index is 13.1. The highest BCUT2D eigenvalue weighted by molar-refractivity contribution is 6.30. The van der Waals surface area contributed by atoms with Crippen LogP contribution in [0.15, 0.2) is 42.5 Å². The van der Waals surface area contributed by atoms with E-state index < -0.39 is 17.7 Å². The average molecular weight is 382 g/mol. The van der Waals surface area contributed by atoms with Crippen LogP contribution in [-0.4, -0.2) is 31.7 Å². The lowest BCUT2D eigenvalue weighted by Crippen LogP contribution is -2.20. The Balaban J connectivity index is 1.85. The van der Waals surface area contributed by atoms with Gasteiger partial charge in [0.15, 0.2) is 13.2 Å². The van der Waals surface area contributed by atoms with Crippen LogP contribution in [0.25, 0.3) is 0 Å². The zero-order valence-corrected chi connectivity index (χ0v) is 14.7. The molecule has 0 saturated heterocycles. The number of anilines is 1. The van der Waals surface area contributed by atoms with Gasteiger partial charge in [-0.2, -0.15) is 0 Å². The standard InChI is InChI=1S/C18H17ClFNO5/c1-2-24-18(23)11-26-13-5-3-4-12(8-13)21-17(22)10-25-14-6-7-16(20)15(19)9-14/h3-9H,2,10-11H2,1H3,(H,21,22). The van der Waals surface area contributed by atoms with Crippen LogP contribution in [0.4, 0.5) is 10.1 Å². The van der Waals surface area contributed by atoms with Crippen molar-refractivity contribution >= 4 is 29.2 Å². The summed E-state index contributed by atoms with van der Waals surface area (Å²) in [6, 6.07) is 10.3. The number of esters is 1. The van der Waals surface area contributed by atoms with E-state index in [2.05, 4.69) is 5.32 Å². The number of carbonyl (C=O) groups is 2. The van der Waals surface area contributed by atoms with Gasteiger partial charge in [0.05, 0.1) is 11.6 Å². The first-order valence-corrected chi connectivity index (χ1v) is 8.12. The van der Waals surface area contributed by atoms with Crippen molar-refractivity contribution in [2.75, 3.05) is 25.1 Å². The minimum Gasteiger partial charge on any atom is -0.484 e. The maximum absolute atomic E-state index is 13.1. The van der Waals surface area contributed by atoms with Gasteiger partial charge in [-0.25, -0.2) is 9.18 Å². The summed E-state index contributed by atoms with van der Waals surface area (Å²) in [5, 5.41) is 2.54. The molecule has 138 valence electrons. The molecular weight excluding hydrogens is 365 g/mol. The quantitative estimate of drug-likeness (QED) is 0.709. The van der Waals surface area contributed by atoms with Crippen LogP contribution < -0.4 is 14.8 Å². The number of carbonyl (C=O) groups excluding carboxylic acids is 2. The van der Waals surface area contributed by atoms with Gasteiger partial charge in [-0.1, -0.05) is 17.7 Å². The van der Waals surface area contributed by atoms with Crippen LogP contribution in [0, 0.1) is 5.82 Å². The van der Waals surface area contributed by atoms with Crippen molar-refractivity contribution < 1.29 is 28.2 Å². The molecule has 1 N–H and O–H groups in total. The molecule has 0 fully saturated rings. The summed E-state index contributed by atoms with van der Waals surface area (Å²) in [7, 11) is 0. The fourth-order valence-electron chi connectivity index (χ4n) is 1.92. The fourth-order valence-corrected chi connectivity index (χ4v) is 2.09. The van der Waals surface area contributed by atoms with Crippen LogP contribution in [0.1, 0.15) is 6.92 Å². The number of halogens is 2. The summed E-state index contributed by atoms with van der Waals surface area (Å²) in [5.74, 6) is -0.787. The zero-order chi connectivity index (χ0) is 18.9. The van der Waals surface area contributed by atoms with Crippen molar-refractivity contribution in [3.05, 3.63) is 53.3 Å². The Kier molecular flexibility index (Phi) is 7.23. The normalized spacial score (nSPS) is 10.1. The van der Waals surface area contributed by atoms with Gasteiger partial charge in [0.25, 0.3) is 5.91 Å². The summed E-state index contributed by atoms with van der Waals surface area (Å²) in [6.45, 7) is 1.48. The van der Waals surface area contributed by atoms with E-state index in [0.717, 1.165) is 6.07 Å². The zero-order valence-electron chi connectivity index (χ0n) is 14.0. The highest BCUT2D eigenvalue weighted by Crippen LogP contribution is 2.21. The van der Waals surface area contributed by atoms with Crippen molar-refractivity contribution in [3.8, 4) is 11.5 Å². The number of ether oxygens (including phenoxy) is 3. The summed E-state index contributed by atoms with van der Waals surface area (Å²) >= 11 is 5.65. The molecule has 0 aliphatic carbocycles. The lowest BCUT2D eigenvalue weighted by Gasteiger charge is -2.10. The first-order chi connectivity index (χ1) is 12.5. The second-order valence-electron chi connectivity index (χ2n) is 5.03. The lowest BCUT2D eigenvalue weighted by molar-refractivity contribution is -0.145. The van der Waals surface area contributed by atoms with Crippen molar-refractivity contribution in [2.45, 2.75) is 6.92 Å². The van der Waals surface area contributed by atoms with E-state index in [1.165, 1.54) is 12.1 Å². The highest BCUT2D eigenvalue weighted by atomic mass is 35.5. The van der Waals surface area contributed by atoms with Crippen LogP contribution in [0.5, 0.6) is 11.5 Å². The third-order valence-corrected chi connectivity index (χ3v) is 3.33. The smallest absolute Gasteiger partial charge is 0.344 e. The first-order valence-electron chi connectivity index (χ1n) is 7.74. The monoisotopic (exact) mass is 381 g/mol. The molecule has 0 bridgehead atoms. The van der Waals surface area contributed by atoms with Gasteiger partial charge in [-0.05, 0) is 31.2 Å². The van der Waals surface area contributed by atoms with E-state index in [-0.39, 0.29) is 30.6 Å². The predicted molar refractivity (Wildman–Crippen MR) is 94.1 cm³/mol. The maximum Gasteiger partial charge on any atom is 0.344 e. The minimum absolute atomic E-state index is 0.0886. The van der Waals surface area contributed by atoms with Crippen molar-refractivity contribution in [2.24, 2.45) is 0 Å². The van der Waals surface area contributed by atoms with Gasteiger partial charge >= 0.3 is 5.97 Å². The van der Waals surface area contributed by atoms with E-state index in [1.54, 1.807) is 31.2 Å². The molecule has 0 radical (unpaired) electrons. The number of hydrogen-bond acceptors (Lipinski definition) is 5. The number of amides is 1. The van der Waals surface area contributed by atoms with E-state index in [0.29, 0.717) is 11.4 Å². The molecule has 0 aliphatic heterocycles. The number of rotatable bonds is 8. The van der Waals surface area contributed by atoms with E-state index in [9.17, 15) is 14.0 Å². The Morgan fingerprint density at radius 3 is 2.54 bits per heavy atom. The molecule has 0 heterocycles. The summed E-state index contributed by atoms with van der Waals surface area (Å²) in [4.78, 5) is 23.2. The van der Waals surface area contributed by atoms with Gasteiger partial charge in [-0.15, -0.1) is 0 Å². The van der Waals surface area contributed by atoms with E-state index in [1.807, 2.05) is 0 Å². The summed E-state index contributed by atoms with van der Waals surface area (Å²) in [6.07, 6.45) is 0. The SMILES string of the molecule is CCOC(=O)COc1cccc(NC(=O)COc2ccc(F)c(Cl)c2)c1. The molecule has 8 heteroatoms. The van der Waals surface area contributed by atoms with Gasteiger partial charge in [0.2, 0.25) is 0 Å². The molecular formula is C18H17ClFNO5. The largest absolute Gasteiger partial charge is 0.484 e. The number of benzene rings is 2. The molecule has 0 aliphatic rings. The topological polar surface area (TPSA) is 73.9 Å². The summed E-state index contributed by atoms with van der Waals surface area (Å²) < 4.78 is 28.4. The van der Waals surface area contributed by atoms with Crippen LogP contribution in [-0.2, 0) is 14.3 Å². The van der Waals surface area contributed by atoms with E-state index in [4.69, 9.17) is 25.8 Å². The molecule has 6 nitrogen and oxygen atoms in total. The molecule has 0 atom stereocenters. The molecule has 0 spiro atoms. The van der Waals surface area contributed by atoms with Crippen molar-refractivity contribution in [3.63, 3.8) is 0 Å². The number of hydrogen-bond donors (Lipinski definition) is 1. The van der Waals surface area contributed by atoms with Crippen LogP contribution in [0.3, 0.4) is 0 Å². The Hall–Kier alpha value is -2.80. The van der Waals surface area contributed by atoms with Crippen LogP contribution in [0.2, 0.25) is 5.02 Å². The second-order valence-corrected chi connectivity index (χ2v) is 5.44. The molecule has 1 amide bonds. The van der Waals surface area contributed by atoms with Gasteiger partial charge in [-0.3, -0.25) is 4.79 Å². The third kappa shape index (κ3) is 6.25. The first kappa shape index (κ1) is 19.5. The second kappa shape index (κ2) is 9.62. The molecule has 26 heavy (non-hydrogen) atoms. The van der Waals surface area contributed by atoms with Crippen molar-refractivity contribution in [1.29, 1.82) is 0 Å². The van der Waals surface area contributed by atoms with Gasteiger partial charge in [0.1, 0.15) is 17.3 Å².